The van der Waals surface area contributed by atoms with E-state index in [1.165, 1.54) is 5.56 Å². The lowest BCUT2D eigenvalue weighted by Gasteiger charge is -2.13. The Balaban J connectivity index is 1.55. The molecule has 0 bridgehead atoms. The van der Waals surface area contributed by atoms with Gasteiger partial charge < -0.3 is 9.73 Å². The van der Waals surface area contributed by atoms with Crippen LogP contribution >= 0.6 is 0 Å². The molecule has 4 rings (SSSR count). The first-order chi connectivity index (χ1) is 11.2. The van der Waals surface area contributed by atoms with Crippen molar-refractivity contribution >= 4 is 11.0 Å². The molecule has 2 atom stereocenters. The third kappa shape index (κ3) is 2.66. The summed E-state index contributed by atoms with van der Waals surface area (Å²) in [5.41, 5.74) is 4.08. The van der Waals surface area contributed by atoms with Crippen LogP contribution in [-0.2, 0) is 6.42 Å². The number of furan rings is 1. The minimum Gasteiger partial charge on any atom is -0.464 e. The molecule has 1 aromatic heterocycles. The maximum Gasteiger partial charge on any atom is 0.133 e. The molecule has 118 valence electrons. The van der Waals surface area contributed by atoms with Gasteiger partial charge >= 0.3 is 0 Å². The Kier molecular flexibility index (Phi) is 3.66. The number of hydrogen-bond donors (Lipinski definition) is 1. The molecule has 23 heavy (non-hydrogen) atoms. The highest BCUT2D eigenvalue weighted by Gasteiger charge is 2.27. The maximum absolute atomic E-state index is 14.0. The highest BCUT2D eigenvalue weighted by Crippen LogP contribution is 2.35. The van der Waals surface area contributed by atoms with Gasteiger partial charge in [0.15, 0.2) is 0 Å². The molecular formula is C20H20FNO. The van der Waals surface area contributed by atoms with Gasteiger partial charge in [0.2, 0.25) is 0 Å². The first-order valence-corrected chi connectivity index (χ1v) is 8.23. The highest BCUT2D eigenvalue weighted by molar-refractivity contribution is 5.77. The van der Waals surface area contributed by atoms with Gasteiger partial charge in [-0.1, -0.05) is 25.1 Å². The molecule has 2 unspecified atom stereocenters. The zero-order valence-electron chi connectivity index (χ0n) is 13.2. The van der Waals surface area contributed by atoms with E-state index < -0.39 is 0 Å². The quantitative estimate of drug-likeness (QED) is 0.740. The minimum absolute atomic E-state index is 0.0879. The van der Waals surface area contributed by atoms with E-state index in [0.29, 0.717) is 5.92 Å². The topological polar surface area (TPSA) is 25.2 Å². The first kappa shape index (κ1) is 14.5. The van der Waals surface area contributed by atoms with Crippen molar-refractivity contribution in [2.45, 2.75) is 31.7 Å². The Morgan fingerprint density at radius 3 is 2.83 bits per heavy atom. The van der Waals surface area contributed by atoms with E-state index in [1.54, 1.807) is 12.3 Å². The molecule has 2 aromatic carbocycles. The molecule has 2 nitrogen and oxygen atoms in total. The van der Waals surface area contributed by atoms with Crippen LogP contribution in [0.3, 0.4) is 0 Å². The summed E-state index contributed by atoms with van der Waals surface area (Å²) in [5, 5.41) is 4.68. The van der Waals surface area contributed by atoms with Gasteiger partial charge in [-0.2, -0.15) is 0 Å². The molecule has 0 radical (unpaired) electrons. The van der Waals surface area contributed by atoms with Crippen LogP contribution in [0.5, 0.6) is 0 Å². The van der Waals surface area contributed by atoms with Gasteiger partial charge in [-0.15, -0.1) is 0 Å². The normalized spacial score (nSPS) is 21.1. The van der Waals surface area contributed by atoms with Gasteiger partial charge in [0.05, 0.1) is 6.26 Å². The summed E-state index contributed by atoms with van der Waals surface area (Å²) in [6, 6.07) is 14.3. The first-order valence-electron chi connectivity index (χ1n) is 8.23. The predicted octanol–water partition coefficient (Wildman–Crippen LogP) is 4.95. The number of rotatable bonds is 3. The number of nitrogens with one attached hydrogen (secondary N) is 1. The van der Waals surface area contributed by atoms with Crippen LogP contribution in [-0.4, -0.2) is 6.54 Å². The fourth-order valence-corrected chi connectivity index (χ4v) is 3.55. The third-order valence-corrected chi connectivity index (χ3v) is 4.94. The predicted molar refractivity (Wildman–Crippen MR) is 90.1 cm³/mol. The molecule has 1 aliphatic rings. The van der Waals surface area contributed by atoms with Gasteiger partial charge in [0, 0.05) is 18.0 Å². The van der Waals surface area contributed by atoms with Crippen LogP contribution in [0, 0.1) is 5.82 Å². The van der Waals surface area contributed by atoms with Crippen molar-refractivity contribution in [2.24, 2.45) is 0 Å². The Morgan fingerprint density at radius 2 is 2.00 bits per heavy atom. The minimum atomic E-state index is -0.0879. The zero-order valence-corrected chi connectivity index (χ0v) is 13.2. The molecule has 2 heterocycles. The zero-order chi connectivity index (χ0) is 15.8. The van der Waals surface area contributed by atoms with Crippen LogP contribution < -0.4 is 5.32 Å². The fraction of sp³-hybridized carbons (Fsp3) is 0.300. The Hall–Kier alpha value is -2.13. The lowest BCUT2D eigenvalue weighted by molar-refractivity contribution is 0.593. The Labute approximate surface area is 135 Å². The van der Waals surface area contributed by atoms with Crippen molar-refractivity contribution in [3.05, 3.63) is 71.2 Å². The summed E-state index contributed by atoms with van der Waals surface area (Å²) in [6.07, 6.45) is 3.45. The largest absolute Gasteiger partial charge is 0.464 e. The fourth-order valence-electron chi connectivity index (χ4n) is 3.55. The summed E-state index contributed by atoms with van der Waals surface area (Å²) in [5.74, 6) is 0.364. The molecule has 1 N–H and O–H groups in total. The number of halogens is 1. The van der Waals surface area contributed by atoms with Crippen molar-refractivity contribution < 1.29 is 8.81 Å². The number of aryl methyl sites for hydroxylation is 1. The van der Waals surface area contributed by atoms with E-state index in [9.17, 15) is 4.39 Å². The molecule has 3 heteroatoms. The average Bonchev–Trinajstić information content (AvgIpc) is 3.23. The van der Waals surface area contributed by atoms with Gasteiger partial charge in [-0.05, 0) is 59.7 Å². The van der Waals surface area contributed by atoms with Crippen LogP contribution in [0.25, 0.3) is 11.0 Å². The number of hydrogen-bond acceptors (Lipinski definition) is 2. The molecule has 3 aromatic rings. The van der Waals surface area contributed by atoms with Crippen LogP contribution in [0.4, 0.5) is 4.39 Å². The summed E-state index contributed by atoms with van der Waals surface area (Å²) in [4.78, 5) is 0. The molecule has 1 fully saturated rings. The smallest absolute Gasteiger partial charge is 0.133 e. The summed E-state index contributed by atoms with van der Waals surface area (Å²) >= 11 is 0. The van der Waals surface area contributed by atoms with E-state index in [0.717, 1.165) is 41.5 Å². The summed E-state index contributed by atoms with van der Waals surface area (Å²) in [7, 11) is 0. The van der Waals surface area contributed by atoms with Crippen molar-refractivity contribution in [1.29, 1.82) is 0 Å². The summed E-state index contributed by atoms with van der Waals surface area (Å²) < 4.78 is 19.4. The second-order valence-electron chi connectivity index (χ2n) is 6.32. The molecular weight excluding hydrogens is 289 g/mol. The third-order valence-electron chi connectivity index (χ3n) is 4.94. The number of fused-ring (bicyclic) bond motifs is 1. The molecule has 1 saturated heterocycles. The molecule has 0 saturated carbocycles. The van der Waals surface area contributed by atoms with Crippen LogP contribution in [0.2, 0.25) is 0 Å². The van der Waals surface area contributed by atoms with Crippen molar-refractivity contribution in [3.8, 4) is 0 Å². The van der Waals surface area contributed by atoms with Crippen molar-refractivity contribution in [3.63, 3.8) is 0 Å². The standard InChI is InChI=1S/C20H20FNO/c1-2-13-3-4-15(10-18(13)21)19-11-17(12-22-19)14-5-6-20-16(9-14)7-8-23-20/h3-10,17,19,22H,2,11-12H2,1H3. The van der Waals surface area contributed by atoms with E-state index >= 15 is 0 Å². The number of benzene rings is 2. The lowest BCUT2D eigenvalue weighted by atomic mass is 9.93. The average molecular weight is 309 g/mol. The summed E-state index contributed by atoms with van der Waals surface area (Å²) in [6.45, 7) is 2.90. The second-order valence-corrected chi connectivity index (χ2v) is 6.32. The van der Waals surface area contributed by atoms with E-state index in [4.69, 9.17) is 4.42 Å². The molecule has 1 aliphatic heterocycles. The van der Waals surface area contributed by atoms with Crippen LogP contribution in [0.15, 0.2) is 53.1 Å². The Bertz CT molecular complexity index is 839. The van der Waals surface area contributed by atoms with Crippen molar-refractivity contribution in [2.75, 3.05) is 6.54 Å². The maximum atomic E-state index is 14.0. The SMILES string of the molecule is CCc1ccc(C2CC(c3ccc4occc4c3)CN2)cc1F. The van der Waals surface area contributed by atoms with Gasteiger partial charge in [0.1, 0.15) is 11.4 Å². The Morgan fingerprint density at radius 1 is 1.13 bits per heavy atom. The lowest BCUT2D eigenvalue weighted by Crippen LogP contribution is -2.13. The van der Waals surface area contributed by atoms with Gasteiger partial charge in [-0.25, -0.2) is 4.39 Å². The van der Waals surface area contributed by atoms with Crippen molar-refractivity contribution in [1.82, 2.24) is 5.32 Å². The van der Waals surface area contributed by atoms with Gasteiger partial charge in [0.25, 0.3) is 0 Å². The highest BCUT2D eigenvalue weighted by atomic mass is 19.1. The van der Waals surface area contributed by atoms with Gasteiger partial charge in [-0.3, -0.25) is 0 Å². The monoisotopic (exact) mass is 309 g/mol. The van der Waals surface area contributed by atoms with E-state index in [1.807, 2.05) is 25.1 Å². The van der Waals surface area contributed by atoms with E-state index in [2.05, 4.69) is 23.5 Å². The van der Waals surface area contributed by atoms with E-state index in [-0.39, 0.29) is 11.9 Å². The molecule has 0 amide bonds. The van der Waals surface area contributed by atoms with Crippen LogP contribution in [0.1, 0.15) is 42.0 Å². The second kappa shape index (κ2) is 5.82. The molecule has 0 aliphatic carbocycles. The molecule has 0 spiro atoms.